The lowest BCUT2D eigenvalue weighted by Crippen LogP contribution is -2.05. The van der Waals surface area contributed by atoms with Crippen LogP contribution in [0.25, 0.3) is 111 Å². The molecule has 0 unspecified atom stereocenters. The number of nitrogens with zero attached hydrogens (tertiary/aromatic N) is 9. The van der Waals surface area contributed by atoms with E-state index in [4.69, 9.17) is 0 Å². The number of nitriles is 7. The second-order valence-electron chi connectivity index (χ2n) is 18.4. The average Bonchev–Trinajstić information content (AvgIpc) is 4.07. The molecule has 0 N–H and O–H groups in total. The van der Waals surface area contributed by atoms with Crippen LogP contribution in [0.3, 0.4) is 0 Å². The molecule has 0 bridgehead atoms. The van der Waals surface area contributed by atoms with Gasteiger partial charge < -0.3 is 9.13 Å². The highest BCUT2D eigenvalue weighted by Crippen LogP contribution is 2.44. The molecule has 0 aliphatic rings. The predicted molar refractivity (Wildman–Crippen MR) is 295 cm³/mol. The maximum atomic E-state index is 12.0. The maximum Gasteiger partial charge on any atom is 0.104 e. The van der Waals surface area contributed by atoms with Crippen molar-refractivity contribution in [2.75, 3.05) is 0 Å². The fraction of sp³-hybridized carbons (Fsp3) is 0. The Bertz CT molecular complexity index is 4290. The van der Waals surface area contributed by atoms with E-state index < -0.39 is 0 Å². The van der Waals surface area contributed by atoms with Crippen LogP contribution in [-0.4, -0.2) is 9.13 Å². The number of fused-ring (bicyclic) bond motifs is 6. The van der Waals surface area contributed by atoms with Crippen LogP contribution in [-0.2, 0) is 0 Å². The molecular weight excluding hydrogens is 931 g/mol. The first-order valence-corrected chi connectivity index (χ1v) is 24.0. The minimum absolute atomic E-state index is 0.289. The smallest absolute Gasteiger partial charge is 0.104 e. The lowest BCUT2D eigenvalue weighted by atomic mass is 9.96. The fourth-order valence-electron chi connectivity index (χ4n) is 10.5. The van der Waals surface area contributed by atoms with Gasteiger partial charge in [0.15, 0.2) is 0 Å². The fourth-order valence-corrected chi connectivity index (χ4v) is 10.5. The summed E-state index contributed by atoms with van der Waals surface area (Å²) >= 11 is 0. The first kappa shape index (κ1) is 45.4. The monoisotopic (exact) mass is 963 g/mol. The molecule has 12 aromatic rings. The summed E-state index contributed by atoms with van der Waals surface area (Å²) in [6.45, 7) is 0. The minimum atomic E-state index is 0.289. The topological polar surface area (TPSA) is 176 Å². The van der Waals surface area contributed by atoms with Crippen molar-refractivity contribution in [2.24, 2.45) is 0 Å². The molecule has 76 heavy (non-hydrogen) atoms. The van der Waals surface area contributed by atoms with E-state index >= 15 is 0 Å². The summed E-state index contributed by atoms with van der Waals surface area (Å²) in [5.41, 5.74) is 14.9. The van der Waals surface area contributed by atoms with Crippen molar-refractivity contribution in [1.29, 1.82) is 36.8 Å². The van der Waals surface area contributed by atoms with Gasteiger partial charge in [-0.05, 0) is 159 Å². The van der Waals surface area contributed by atoms with Crippen LogP contribution in [0.15, 0.2) is 200 Å². The third-order valence-electron chi connectivity index (χ3n) is 14.0. The van der Waals surface area contributed by atoms with E-state index in [1.54, 1.807) is 42.5 Å². The molecule has 0 radical (unpaired) electrons. The first-order valence-electron chi connectivity index (χ1n) is 24.0. The molecule has 346 valence electrons. The molecule has 0 saturated heterocycles. The normalized spacial score (nSPS) is 10.8. The van der Waals surface area contributed by atoms with Crippen LogP contribution in [0.2, 0.25) is 0 Å². The zero-order chi connectivity index (χ0) is 52.0. The van der Waals surface area contributed by atoms with E-state index in [0.717, 1.165) is 88.1 Å². The number of benzene rings is 10. The van der Waals surface area contributed by atoms with Gasteiger partial charge >= 0.3 is 0 Å². The molecule has 0 aliphatic carbocycles. The number of aromatic nitrogens is 2. The molecule has 10 aromatic carbocycles. The van der Waals surface area contributed by atoms with Crippen molar-refractivity contribution >= 4 is 43.6 Å². The molecule has 12 rings (SSSR count). The summed E-state index contributed by atoms with van der Waals surface area (Å²) in [4.78, 5) is 0. The minimum Gasteiger partial charge on any atom is -0.308 e. The van der Waals surface area contributed by atoms with Gasteiger partial charge in [0, 0.05) is 21.5 Å². The van der Waals surface area contributed by atoms with Crippen LogP contribution in [0.1, 0.15) is 38.9 Å². The zero-order valence-electron chi connectivity index (χ0n) is 40.1. The molecule has 0 spiro atoms. The van der Waals surface area contributed by atoms with Gasteiger partial charge in [-0.3, -0.25) is 0 Å². The summed E-state index contributed by atoms with van der Waals surface area (Å²) < 4.78 is 4.19. The lowest BCUT2D eigenvalue weighted by molar-refractivity contribution is 1.12. The Kier molecular flexibility index (Phi) is 11.0. The molecule has 0 atom stereocenters. The van der Waals surface area contributed by atoms with Crippen LogP contribution < -0.4 is 0 Å². The third-order valence-corrected chi connectivity index (χ3v) is 14.0. The number of rotatable bonds is 7. The van der Waals surface area contributed by atoms with E-state index in [1.165, 1.54) is 0 Å². The van der Waals surface area contributed by atoms with Gasteiger partial charge in [-0.25, -0.2) is 0 Å². The molecular formula is C67H33N9. The van der Waals surface area contributed by atoms with Gasteiger partial charge in [0.25, 0.3) is 0 Å². The average molecular weight is 964 g/mol. The molecule has 9 heteroatoms. The number of hydrogen-bond acceptors (Lipinski definition) is 7. The van der Waals surface area contributed by atoms with Crippen molar-refractivity contribution < 1.29 is 0 Å². The van der Waals surface area contributed by atoms with Crippen molar-refractivity contribution in [1.82, 2.24) is 9.13 Å². The molecule has 2 aromatic heterocycles. The highest BCUT2D eigenvalue weighted by Gasteiger charge is 2.25. The molecule has 0 amide bonds. The second-order valence-corrected chi connectivity index (χ2v) is 18.4. The van der Waals surface area contributed by atoms with Crippen LogP contribution >= 0.6 is 0 Å². The van der Waals surface area contributed by atoms with Gasteiger partial charge in [0.05, 0.1) is 103 Å². The first-order chi connectivity index (χ1) is 37.3. The number of hydrogen-bond donors (Lipinski definition) is 0. The van der Waals surface area contributed by atoms with Gasteiger partial charge in [-0.2, -0.15) is 36.8 Å². The van der Waals surface area contributed by atoms with Crippen molar-refractivity contribution in [2.45, 2.75) is 0 Å². The summed E-state index contributed by atoms with van der Waals surface area (Å²) in [5.74, 6) is 0. The molecule has 0 fully saturated rings. The Hall–Kier alpha value is -11.8. The van der Waals surface area contributed by atoms with Crippen LogP contribution in [0.5, 0.6) is 0 Å². The zero-order valence-corrected chi connectivity index (χ0v) is 40.1. The van der Waals surface area contributed by atoms with Crippen molar-refractivity contribution in [3.63, 3.8) is 0 Å². The third kappa shape index (κ3) is 7.69. The summed E-state index contributed by atoms with van der Waals surface area (Å²) in [5, 5.41) is 75.9. The van der Waals surface area contributed by atoms with Crippen molar-refractivity contribution in [3.05, 3.63) is 239 Å². The predicted octanol–water partition coefficient (Wildman–Crippen LogP) is 15.3. The molecule has 0 saturated carbocycles. The Morgan fingerprint density at radius 1 is 0.224 bits per heavy atom. The van der Waals surface area contributed by atoms with Crippen LogP contribution in [0, 0.1) is 79.3 Å². The van der Waals surface area contributed by atoms with E-state index in [9.17, 15) is 36.8 Å². The molecule has 0 aliphatic heterocycles. The second kappa shape index (κ2) is 18.4. The Labute approximate surface area is 436 Å². The van der Waals surface area contributed by atoms with Crippen molar-refractivity contribution in [3.8, 4) is 109 Å². The van der Waals surface area contributed by atoms with Gasteiger partial charge in [0.1, 0.15) is 11.6 Å². The standard InChI is InChI=1S/C67H33N9/c68-34-41-5-1-9-47(22-41)51-13-17-57-58-18-14-52(48-10-2-6-42(23-48)35-69)29-63(58)75(62(57)28-51)66-32-56(55-26-45(38-72)21-46(27-55)39-73)33-67(61(66)40-74)76-64-30-53(49-11-3-7-43(24-49)36-70)15-19-59(64)60-20-16-54(31-65(60)76)50-12-4-8-44(25-50)37-71/h1-33H. The van der Waals surface area contributed by atoms with E-state index in [2.05, 4.69) is 100 Å². The quantitative estimate of drug-likeness (QED) is 0.153. The van der Waals surface area contributed by atoms with E-state index in [0.29, 0.717) is 50.3 Å². The summed E-state index contributed by atoms with van der Waals surface area (Å²) in [7, 11) is 0. The molecule has 2 heterocycles. The van der Waals surface area contributed by atoms with Gasteiger partial charge in [-0.15, -0.1) is 0 Å². The Morgan fingerprint density at radius 3 is 0.763 bits per heavy atom. The maximum absolute atomic E-state index is 12.0. The highest BCUT2D eigenvalue weighted by molar-refractivity contribution is 6.13. The highest BCUT2D eigenvalue weighted by atomic mass is 15.0. The van der Waals surface area contributed by atoms with Crippen LogP contribution in [0.4, 0.5) is 0 Å². The van der Waals surface area contributed by atoms with Gasteiger partial charge in [-0.1, -0.05) is 97.1 Å². The Balaban J connectivity index is 1.25. The van der Waals surface area contributed by atoms with Gasteiger partial charge in [0.2, 0.25) is 0 Å². The Morgan fingerprint density at radius 2 is 0.487 bits per heavy atom. The summed E-state index contributed by atoms with van der Waals surface area (Å²) in [6.07, 6.45) is 0. The SMILES string of the molecule is N#Cc1cccc(-c2ccc3c4ccc(-c5cccc(C#N)c5)cc4n(-c4cc(-c5cc(C#N)cc(C#N)c5)cc(-n5c6cc(-c7cccc(C#N)c7)ccc6c6ccc(-c7cccc(C#N)c7)cc65)c4C#N)c3c2)c1. The lowest BCUT2D eigenvalue weighted by Gasteiger charge is -2.19. The largest absolute Gasteiger partial charge is 0.308 e. The van der Waals surface area contributed by atoms with E-state index in [-0.39, 0.29) is 11.1 Å². The van der Waals surface area contributed by atoms with E-state index in [1.807, 2.05) is 109 Å². The molecule has 9 nitrogen and oxygen atoms in total. The summed E-state index contributed by atoms with van der Waals surface area (Å²) in [6, 6.07) is 79.5.